The predicted octanol–water partition coefficient (Wildman–Crippen LogP) is 5.09. The van der Waals surface area contributed by atoms with E-state index in [1.807, 2.05) is 6.92 Å². The Bertz CT molecular complexity index is 975. The van der Waals surface area contributed by atoms with Crippen molar-refractivity contribution in [3.63, 3.8) is 0 Å². The molecule has 2 aromatic rings. The third kappa shape index (κ3) is 3.60. The van der Waals surface area contributed by atoms with E-state index < -0.39 is 17.7 Å². The fourth-order valence-corrected chi connectivity index (χ4v) is 4.61. The second kappa shape index (κ2) is 8.56. The summed E-state index contributed by atoms with van der Waals surface area (Å²) in [4.78, 5) is 27.7. The molecule has 0 spiro atoms. The van der Waals surface area contributed by atoms with Crippen LogP contribution in [0.1, 0.15) is 56.4 Å². The molecule has 1 unspecified atom stereocenters. The van der Waals surface area contributed by atoms with Gasteiger partial charge in [-0.05, 0) is 50.1 Å². The first-order chi connectivity index (χ1) is 14.5. The number of furan rings is 1. The third-order valence-corrected chi connectivity index (χ3v) is 6.09. The molecule has 0 bridgehead atoms. The number of hydrogen-bond acceptors (Lipinski definition) is 5. The second-order valence-corrected chi connectivity index (χ2v) is 8.00. The quantitative estimate of drug-likeness (QED) is 0.407. The minimum absolute atomic E-state index is 0.00364. The minimum atomic E-state index is -0.782. The topological polar surface area (TPSA) is 80.0 Å². The fraction of sp³-hybridized carbons (Fsp3) is 0.391. The summed E-state index contributed by atoms with van der Waals surface area (Å²) in [6.07, 6.45) is 6.27. The number of aliphatic hydroxyl groups excluding tert-OH is 1. The molecule has 6 nitrogen and oxygen atoms in total. The van der Waals surface area contributed by atoms with E-state index in [0.29, 0.717) is 18.1 Å². The zero-order valence-electron chi connectivity index (χ0n) is 16.8. The lowest BCUT2D eigenvalue weighted by molar-refractivity contribution is -0.142. The molecular formula is C23H24ClNO5. The summed E-state index contributed by atoms with van der Waals surface area (Å²) in [6.45, 7) is 2.29. The monoisotopic (exact) mass is 429 g/mol. The Labute approximate surface area is 180 Å². The molecular weight excluding hydrogens is 406 g/mol. The van der Waals surface area contributed by atoms with Gasteiger partial charge in [-0.25, -0.2) is 0 Å². The summed E-state index contributed by atoms with van der Waals surface area (Å²) in [5, 5.41) is 11.4. The molecule has 0 radical (unpaired) electrons. The van der Waals surface area contributed by atoms with Gasteiger partial charge in [-0.3, -0.25) is 9.59 Å². The van der Waals surface area contributed by atoms with E-state index in [0.717, 1.165) is 32.1 Å². The van der Waals surface area contributed by atoms with Gasteiger partial charge in [0.2, 0.25) is 0 Å². The number of benzene rings is 1. The maximum Gasteiger partial charge on any atom is 0.296 e. The molecule has 1 amide bonds. The van der Waals surface area contributed by atoms with Gasteiger partial charge in [0.15, 0.2) is 0 Å². The van der Waals surface area contributed by atoms with Crippen LogP contribution in [0, 0.1) is 0 Å². The third-order valence-electron chi connectivity index (χ3n) is 5.76. The van der Waals surface area contributed by atoms with E-state index in [4.69, 9.17) is 20.8 Å². The molecule has 1 aromatic heterocycles. The number of rotatable bonds is 5. The first kappa shape index (κ1) is 20.5. The predicted molar refractivity (Wildman–Crippen MR) is 112 cm³/mol. The van der Waals surface area contributed by atoms with E-state index >= 15 is 0 Å². The Morgan fingerprint density at radius 1 is 1.23 bits per heavy atom. The van der Waals surface area contributed by atoms with E-state index in [2.05, 4.69) is 0 Å². The molecule has 158 valence electrons. The molecule has 1 aliphatic carbocycles. The first-order valence-electron chi connectivity index (χ1n) is 10.3. The van der Waals surface area contributed by atoms with Crippen molar-refractivity contribution in [3.8, 4) is 5.75 Å². The molecule has 1 atom stereocenters. The van der Waals surface area contributed by atoms with Crippen LogP contribution >= 0.6 is 11.6 Å². The number of amides is 1. The maximum absolute atomic E-state index is 13.1. The summed E-state index contributed by atoms with van der Waals surface area (Å²) >= 11 is 6.33. The van der Waals surface area contributed by atoms with Crippen molar-refractivity contribution in [1.29, 1.82) is 0 Å². The Hall–Kier alpha value is -2.73. The number of carbonyl (C=O) groups excluding carboxylic acids is 2. The standard InChI is InChI=1S/C23H24ClNO5/c1-2-29-15-10-11-17(24)16(13-15)21(26)19-20(18-9-6-12-30-18)25(23(28)22(19)27)14-7-4-3-5-8-14/h6,9-14,20,26H,2-5,7-8H2,1H3/b21-19-. The lowest BCUT2D eigenvalue weighted by Gasteiger charge is -2.34. The normalized spacial score (nSPS) is 21.9. The fourth-order valence-electron chi connectivity index (χ4n) is 4.40. The summed E-state index contributed by atoms with van der Waals surface area (Å²) in [5.41, 5.74) is 0.247. The van der Waals surface area contributed by atoms with E-state index in [9.17, 15) is 14.7 Å². The average Bonchev–Trinajstić information content (AvgIpc) is 3.37. The van der Waals surface area contributed by atoms with Crippen molar-refractivity contribution in [2.75, 3.05) is 6.61 Å². The molecule has 1 aromatic carbocycles. The van der Waals surface area contributed by atoms with Gasteiger partial charge in [-0.1, -0.05) is 30.9 Å². The highest BCUT2D eigenvalue weighted by atomic mass is 35.5. The average molecular weight is 430 g/mol. The highest BCUT2D eigenvalue weighted by Crippen LogP contribution is 2.44. The molecule has 1 N–H and O–H groups in total. The largest absolute Gasteiger partial charge is 0.507 e. The van der Waals surface area contributed by atoms with Gasteiger partial charge in [0, 0.05) is 11.6 Å². The van der Waals surface area contributed by atoms with Gasteiger partial charge < -0.3 is 19.2 Å². The number of ketones is 1. The number of likely N-dealkylation sites (tertiary alicyclic amines) is 1. The summed E-state index contributed by atoms with van der Waals surface area (Å²) in [5.74, 6) is -0.697. The zero-order valence-corrected chi connectivity index (χ0v) is 17.5. The summed E-state index contributed by atoms with van der Waals surface area (Å²) in [7, 11) is 0. The molecule has 2 fully saturated rings. The van der Waals surface area contributed by atoms with Gasteiger partial charge in [-0.15, -0.1) is 0 Å². The van der Waals surface area contributed by atoms with Crippen LogP contribution in [0.15, 0.2) is 46.6 Å². The number of ether oxygens (including phenoxy) is 1. The van der Waals surface area contributed by atoms with Crippen LogP contribution in [0.3, 0.4) is 0 Å². The van der Waals surface area contributed by atoms with Gasteiger partial charge in [-0.2, -0.15) is 0 Å². The van der Waals surface area contributed by atoms with Crippen molar-refractivity contribution >= 4 is 29.1 Å². The first-order valence-corrected chi connectivity index (χ1v) is 10.7. The highest BCUT2D eigenvalue weighted by Gasteiger charge is 2.50. The number of hydrogen-bond donors (Lipinski definition) is 1. The van der Waals surface area contributed by atoms with Gasteiger partial charge in [0.1, 0.15) is 23.3 Å². The van der Waals surface area contributed by atoms with Crippen LogP contribution in [0.4, 0.5) is 0 Å². The minimum Gasteiger partial charge on any atom is -0.507 e. The molecule has 4 rings (SSSR count). The number of nitrogens with zero attached hydrogens (tertiary/aromatic N) is 1. The molecule has 30 heavy (non-hydrogen) atoms. The van der Waals surface area contributed by atoms with Crippen LogP contribution < -0.4 is 4.74 Å². The van der Waals surface area contributed by atoms with Crippen molar-refractivity contribution in [2.24, 2.45) is 0 Å². The van der Waals surface area contributed by atoms with E-state index in [1.165, 1.54) is 6.26 Å². The number of carbonyl (C=O) groups is 2. The summed E-state index contributed by atoms with van der Waals surface area (Å²) < 4.78 is 11.1. The van der Waals surface area contributed by atoms with Gasteiger partial charge >= 0.3 is 0 Å². The lowest BCUT2D eigenvalue weighted by Crippen LogP contribution is -2.40. The van der Waals surface area contributed by atoms with Crippen molar-refractivity contribution in [1.82, 2.24) is 4.90 Å². The number of halogens is 1. The van der Waals surface area contributed by atoms with Gasteiger partial charge in [0.05, 0.1) is 23.5 Å². The van der Waals surface area contributed by atoms with Crippen LogP contribution in [0.5, 0.6) is 5.75 Å². The summed E-state index contributed by atoms with van der Waals surface area (Å²) in [6, 6.07) is 7.44. The van der Waals surface area contributed by atoms with Crippen LogP contribution in [0.2, 0.25) is 5.02 Å². The second-order valence-electron chi connectivity index (χ2n) is 7.59. The molecule has 1 saturated carbocycles. The number of aliphatic hydroxyl groups is 1. The molecule has 2 heterocycles. The Kier molecular flexibility index (Phi) is 5.86. The van der Waals surface area contributed by atoms with Gasteiger partial charge in [0.25, 0.3) is 11.7 Å². The Morgan fingerprint density at radius 2 is 2.00 bits per heavy atom. The smallest absolute Gasteiger partial charge is 0.296 e. The zero-order chi connectivity index (χ0) is 21.3. The van der Waals surface area contributed by atoms with Crippen LogP contribution in [-0.4, -0.2) is 34.3 Å². The maximum atomic E-state index is 13.1. The molecule has 7 heteroatoms. The van der Waals surface area contributed by atoms with Crippen molar-refractivity contribution in [3.05, 3.63) is 58.5 Å². The van der Waals surface area contributed by atoms with Crippen LogP contribution in [-0.2, 0) is 9.59 Å². The van der Waals surface area contributed by atoms with Crippen LogP contribution in [0.25, 0.3) is 5.76 Å². The lowest BCUT2D eigenvalue weighted by atomic mass is 9.92. The molecule has 1 saturated heterocycles. The highest BCUT2D eigenvalue weighted by molar-refractivity contribution is 6.47. The van der Waals surface area contributed by atoms with E-state index in [1.54, 1.807) is 35.2 Å². The van der Waals surface area contributed by atoms with E-state index in [-0.39, 0.29) is 28.0 Å². The molecule has 2 aliphatic rings. The molecule has 1 aliphatic heterocycles. The SMILES string of the molecule is CCOc1ccc(Cl)c(/C(O)=C2/C(=O)C(=O)N(C3CCCCC3)C2c2ccco2)c1. The van der Waals surface area contributed by atoms with Crippen molar-refractivity contribution < 1.29 is 23.8 Å². The van der Waals surface area contributed by atoms with Crippen molar-refractivity contribution in [2.45, 2.75) is 51.1 Å². The Morgan fingerprint density at radius 3 is 2.67 bits per heavy atom. The Balaban J connectivity index is 1.85. The number of Topliss-reactive ketones (excluding diaryl/α,β-unsaturated/α-hetero) is 1.